The van der Waals surface area contributed by atoms with Crippen LogP contribution < -0.4 is 14.8 Å². The molecule has 10 nitrogen and oxygen atoms in total. The number of fused-ring (bicyclic) bond motifs is 3. The summed E-state index contributed by atoms with van der Waals surface area (Å²) in [6.07, 6.45) is 2.72. The second-order valence-electron chi connectivity index (χ2n) is 9.14. The van der Waals surface area contributed by atoms with Gasteiger partial charge in [0.2, 0.25) is 11.8 Å². The Morgan fingerprint density at radius 2 is 2.03 bits per heavy atom. The van der Waals surface area contributed by atoms with E-state index in [-0.39, 0.29) is 19.1 Å². The first-order valence-corrected chi connectivity index (χ1v) is 12.9. The summed E-state index contributed by atoms with van der Waals surface area (Å²) < 4.78 is 17.1. The fourth-order valence-corrected chi connectivity index (χ4v) is 4.95. The van der Waals surface area contributed by atoms with Crippen LogP contribution in [0.15, 0.2) is 23.8 Å². The quantitative estimate of drug-likeness (QED) is 0.250. The number of aldehydes is 1. The monoisotopic (exact) mass is 518 g/mol. The van der Waals surface area contributed by atoms with E-state index in [1.54, 1.807) is 17.0 Å². The highest BCUT2D eigenvalue weighted by atomic mass is 16.5. The van der Waals surface area contributed by atoms with Gasteiger partial charge in [-0.05, 0) is 38.0 Å². The molecular weight excluding hydrogens is 480 g/mol. The van der Waals surface area contributed by atoms with Crippen LogP contribution in [0, 0.1) is 0 Å². The summed E-state index contributed by atoms with van der Waals surface area (Å²) in [6.45, 7) is 5.06. The number of hydrogen-bond acceptors (Lipinski definition) is 8. The molecule has 0 unspecified atom stereocenters. The van der Waals surface area contributed by atoms with Gasteiger partial charge < -0.3 is 34.6 Å². The van der Waals surface area contributed by atoms with Gasteiger partial charge >= 0.3 is 0 Å². The molecule has 204 valence electrons. The molecule has 3 N–H and O–H groups in total. The molecule has 1 heterocycles. The molecule has 1 aliphatic carbocycles. The Balaban J connectivity index is 2.06. The van der Waals surface area contributed by atoms with Gasteiger partial charge in [-0.15, -0.1) is 0 Å². The van der Waals surface area contributed by atoms with Gasteiger partial charge in [-0.2, -0.15) is 0 Å². The Morgan fingerprint density at radius 3 is 2.68 bits per heavy atom. The van der Waals surface area contributed by atoms with Gasteiger partial charge in [-0.25, -0.2) is 0 Å². The molecule has 2 aliphatic rings. The van der Waals surface area contributed by atoms with Gasteiger partial charge in [0.15, 0.2) is 11.5 Å². The standard InChI is InChI=1S/C27H38N2O8/c1-4-6-8-22(32)29(10-7-12-36-5-2)20-15-19(27(34)28-9-11-30)23-18-13-17(16-31)14-21(35-3)25(18)37-26(23)24(20)33/h13-16,20,23-24,26,30,33H,4-12H2,1-3H3,(H,28,34)/t20-,23+,24+,26+/m1/s1. The van der Waals surface area contributed by atoms with Crippen LogP contribution in [-0.2, 0) is 14.3 Å². The Labute approximate surface area is 217 Å². The van der Waals surface area contributed by atoms with Crippen molar-refractivity contribution in [3.05, 3.63) is 34.9 Å². The lowest BCUT2D eigenvalue weighted by atomic mass is 9.77. The minimum Gasteiger partial charge on any atom is -0.493 e. The van der Waals surface area contributed by atoms with E-state index in [9.17, 15) is 24.6 Å². The summed E-state index contributed by atoms with van der Waals surface area (Å²) in [5.74, 6) is -0.583. The smallest absolute Gasteiger partial charge is 0.247 e. The first-order valence-electron chi connectivity index (χ1n) is 12.9. The highest BCUT2D eigenvalue weighted by molar-refractivity contribution is 5.96. The van der Waals surface area contributed by atoms with Crippen LogP contribution in [0.2, 0.25) is 0 Å². The molecule has 37 heavy (non-hydrogen) atoms. The number of unbranched alkanes of at least 4 members (excludes halogenated alkanes) is 1. The third kappa shape index (κ3) is 6.31. The molecule has 3 rings (SSSR count). The van der Waals surface area contributed by atoms with Gasteiger partial charge in [0, 0.05) is 49.4 Å². The number of amides is 2. The maximum atomic E-state index is 13.3. The number of methoxy groups -OCH3 is 1. The minimum atomic E-state index is -1.14. The summed E-state index contributed by atoms with van der Waals surface area (Å²) in [5.41, 5.74) is 1.20. The normalized spacial score (nSPS) is 21.8. The lowest BCUT2D eigenvalue weighted by Gasteiger charge is -2.40. The molecule has 10 heteroatoms. The van der Waals surface area contributed by atoms with Crippen LogP contribution in [0.4, 0.5) is 0 Å². The molecule has 4 atom stereocenters. The van der Waals surface area contributed by atoms with Crippen molar-refractivity contribution in [3.8, 4) is 11.5 Å². The Bertz CT molecular complexity index is 995. The summed E-state index contributed by atoms with van der Waals surface area (Å²) in [6, 6.07) is 2.35. The van der Waals surface area contributed by atoms with E-state index in [4.69, 9.17) is 14.2 Å². The zero-order chi connectivity index (χ0) is 26.9. The molecular formula is C27H38N2O8. The van der Waals surface area contributed by atoms with Crippen molar-refractivity contribution in [2.75, 3.05) is 40.0 Å². The maximum Gasteiger partial charge on any atom is 0.247 e. The van der Waals surface area contributed by atoms with E-state index in [1.165, 1.54) is 13.2 Å². The number of carbonyl (C=O) groups excluding carboxylic acids is 3. The first-order chi connectivity index (χ1) is 17.9. The van der Waals surface area contributed by atoms with Gasteiger partial charge in [-0.1, -0.05) is 13.3 Å². The highest BCUT2D eigenvalue weighted by Crippen LogP contribution is 2.51. The number of rotatable bonds is 14. The van der Waals surface area contributed by atoms with Crippen LogP contribution in [0.5, 0.6) is 11.5 Å². The summed E-state index contributed by atoms with van der Waals surface area (Å²) in [7, 11) is 1.45. The predicted octanol–water partition coefficient (Wildman–Crippen LogP) is 1.58. The number of nitrogens with one attached hydrogen (secondary N) is 1. The number of aliphatic hydroxyl groups is 2. The van der Waals surface area contributed by atoms with E-state index in [2.05, 4.69) is 5.32 Å². The SMILES string of the molecule is CCCCC(=O)N(CCCOCC)[C@@H]1C=C(C(=O)NCCO)[C@@H]2c3cc(C=O)cc(OC)c3O[C@@H]2[C@H]1O. The van der Waals surface area contributed by atoms with Crippen molar-refractivity contribution in [3.63, 3.8) is 0 Å². The minimum absolute atomic E-state index is 0.0414. The Hall–Kier alpha value is -2.95. The molecule has 2 amide bonds. The van der Waals surface area contributed by atoms with Crippen molar-refractivity contribution >= 4 is 18.1 Å². The lowest BCUT2D eigenvalue weighted by molar-refractivity contribution is -0.137. The topological polar surface area (TPSA) is 135 Å². The molecule has 0 fully saturated rings. The highest BCUT2D eigenvalue weighted by Gasteiger charge is 2.51. The first kappa shape index (κ1) is 28.6. The molecule has 0 spiro atoms. The number of carbonyl (C=O) groups is 3. The Morgan fingerprint density at radius 1 is 1.24 bits per heavy atom. The van der Waals surface area contributed by atoms with Gasteiger partial charge in [0.05, 0.1) is 25.7 Å². The van der Waals surface area contributed by atoms with Gasteiger partial charge in [-0.3, -0.25) is 14.4 Å². The van der Waals surface area contributed by atoms with E-state index in [1.807, 2.05) is 13.8 Å². The Kier molecular flexibility index (Phi) is 10.5. The average Bonchev–Trinajstić information content (AvgIpc) is 3.30. The zero-order valence-corrected chi connectivity index (χ0v) is 21.8. The molecule has 0 saturated carbocycles. The third-order valence-corrected chi connectivity index (χ3v) is 6.73. The van der Waals surface area contributed by atoms with Crippen molar-refractivity contribution in [2.45, 2.75) is 63.7 Å². The van der Waals surface area contributed by atoms with Crippen molar-refractivity contribution in [1.82, 2.24) is 10.2 Å². The fourth-order valence-electron chi connectivity index (χ4n) is 4.95. The second kappa shape index (κ2) is 13.6. The van der Waals surface area contributed by atoms with Gasteiger partial charge in [0.1, 0.15) is 18.5 Å². The molecule has 0 aromatic heterocycles. The number of benzene rings is 1. The van der Waals surface area contributed by atoms with E-state index in [0.29, 0.717) is 73.5 Å². The van der Waals surface area contributed by atoms with E-state index >= 15 is 0 Å². The molecule has 1 aromatic carbocycles. The van der Waals surface area contributed by atoms with Crippen LogP contribution in [0.3, 0.4) is 0 Å². The molecule has 0 radical (unpaired) electrons. The second-order valence-corrected chi connectivity index (χ2v) is 9.14. The molecule has 1 aromatic rings. The fraction of sp³-hybridized carbons (Fsp3) is 0.593. The summed E-state index contributed by atoms with van der Waals surface area (Å²) in [5, 5.41) is 23.5. The van der Waals surface area contributed by atoms with Crippen molar-refractivity contribution in [1.29, 1.82) is 0 Å². The van der Waals surface area contributed by atoms with Crippen LogP contribution in [0.25, 0.3) is 0 Å². The number of hydrogen-bond donors (Lipinski definition) is 3. The number of nitrogens with zero attached hydrogens (tertiary/aromatic N) is 1. The van der Waals surface area contributed by atoms with Crippen LogP contribution in [0.1, 0.15) is 61.4 Å². The number of ether oxygens (including phenoxy) is 3. The third-order valence-electron chi connectivity index (χ3n) is 6.73. The van der Waals surface area contributed by atoms with Crippen LogP contribution >= 0.6 is 0 Å². The molecule has 0 bridgehead atoms. The maximum absolute atomic E-state index is 13.3. The van der Waals surface area contributed by atoms with Gasteiger partial charge in [0.25, 0.3) is 0 Å². The van der Waals surface area contributed by atoms with E-state index in [0.717, 1.165) is 6.42 Å². The average molecular weight is 519 g/mol. The van der Waals surface area contributed by atoms with E-state index < -0.39 is 30.1 Å². The zero-order valence-electron chi connectivity index (χ0n) is 21.8. The lowest BCUT2D eigenvalue weighted by Crippen LogP contribution is -2.56. The largest absolute Gasteiger partial charge is 0.493 e. The molecule has 0 saturated heterocycles. The van der Waals surface area contributed by atoms with Crippen molar-refractivity contribution < 1.29 is 38.8 Å². The van der Waals surface area contributed by atoms with Crippen molar-refractivity contribution in [2.24, 2.45) is 0 Å². The molecule has 1 aliphatic heterocycles. The van der Waals surface area contributed by atoms with Crippen LogP contribution in [-0.4, -0.2) is 91.5 Å². The predicted molar refractivity (Wildman–Crippen MR) is 136 cm³/mol. The summed E-state index contributed by atoms with van der Waals surface area (Å²) in [4.78, 5) is 39.7. The number of aliphatic hydroxyl groups excluding tert-OH is 2. The summed E-state index contributed by atoms with van der Waals surface area (Å²) >= 11 is 0.